The van der Waals surface area contributed by atoms with Gasteiger partial charge in [0.2, 0.25) is 0 Å². The largest absolute Gasteiger partial charge is 0.385 e. The molecule has 0 fully saturated rings. The lowest BCUT2D eigenvalue weighted by Crippen LogP contribution is -2.33. The molecule has 0 aromatic carbocycles. The Balaban J connectivity index is 2.91. The van der Waals surface area contributed by atoms with Crippen molar-refractivity contribution in [2.24, 2.45) is 5.73 Å². The predicted molar refractivity (Wildman–Crippen MR) is 66.4 cm³/mol. The first-order chi connectivity index (χ1) is 7.99. The van der Waals surface area contributed by atoms with Gasteiger partial charge in [-0.25, -0.2) is 0 Å². The van der Waals surface area contributed by atoms with E-state index >= 15 is 0 Å². The number of halogens is 1. The van der Waals surface area contributed by atoms with E-state index in [1.807, 2.05) is 13.8 Å². The Labute approximate surface area is 106 Å². The van der Waals surface area contributed by atoms with Gasteiger partial charge in [0.05, 0.1) is 17.3 Å². The Bertz CT molecular complexity index is 390. The molecule has 1 unspecified atom stereocenters. The van der Waals surface area contributed by atoms with Crippen LogP contribution >= 0.6 is 11.6 Å². The summed E-state index contributed by atoms with van der Waals surface area (Å²) in [4.78, 5) is 12.1. The van der Waals surface area contributed by atoms with Crippen molar-refractivity contribution >= 4 is 17.4 Å². The lowest BCUT2D eigenvalue weighted by molar-refractivity contribution is 0.0923. The van der Waals surface area contributed by atoms with Gasteiger partial charge in [0, 0.05) is 19.8 Å². The molecular weight excluding hydrogens is 242 g/mol. The van der Waals surface area contributed by atoms with E-state index in [0.717, 1.165) is 0 Å². The van der Waals surface area contributed by atoms with Gasteiger partial charge in [0.1, 0.15) is 5.69 Å². The summed E-state index contributed by atoms with van der Waals surface area (Å²) in [5.41, 5.74) is 6.18. The van der Waals surface area contributed by atoms with Gasteiger partial charge >= 0.3 is 0 Å². The first kappa shape index (κ1) is 14.2. The van der Waals surface area contributed by atoms with Crippen LogP contribution in [-0.2, 0) is 4.74 Å². The third kappa shape index (κ3) is 3.28. The molecule has 0 radical (unpaired) electrons. The zero-order valence-corrected chi connectivity index (χ0v) is 11.1. The Hall–Kier alpha value is -0.910. The number of nitrogens with two attached hydrogens (primary N) is 1. The molecule has 1 rings (SSSR count). The van der Waals surface area contributed by atoms with E-state index in [1.54, 1.807) is 11.8 Å². The van der Waals surface area contributed by atoms with Gasteiger partial charge in [-0.1, -0.05) is 11.6 Å². The molecule has 0 spiro atoms. The molecule has 0 aliphatic heterocycles. The molecule has 0 bridgehead atoms. The number of nitrogens with zero attached hydrogens (tertiary/aromatic N) is 2. The highest BCUT2D eigenvalue weighted by Gasteiger charge is 2.24. The molecule has 1 aromatic rings. The molecule has 0 amide bonds. The second kappa shape index (κ2) is 6.14. The van der Waals surface area contributed by atoms with Crippen LogP contribution in [0.2, 0.25) is 5.02 Å². The molecule has 0 saturated carbocycles. The fourth-order valence-corrected chi connectivity index (χ4v) is 1.74. The molecule has 1 atom stereocenters. The third-order valence-electron chi connectivity index (χ3n) is 2.44. The fraction of sp³-hybridized carbons (Fsp3) is 0.636. The summed E-state index contributed by atoms with van der Waals surface area (Å²) in [5, 5.41) is 4.42. The number of hydrogen-bond donors (Lipinski definition) is 1. The minimum atomic E-state index is -0.610. The Morgan fingerprint density at radius 2 is 2.29 bits per heavy atom. The first-order valence-corrected chi connectivity index (χ1v) is 5.88. The van der Waals surface area contributed by atoms with Crippen molar-refractivity contribution in [3.05, 3.63) is 16.9 Å². The maximum absolute atomic E-state index is 12.1. The maximum atomic E-state index is 12.1. The normalized spacial score (nSPS) is 13.1. The van der Waals surface area contributed by atoms with Crippen molar-refractivity contribution in [1.82, 2.24) is 9.78 Å². The van der Waals surface area contributed by atoms with Crippen LogP contribution in [0.1, 0.15) is 36.8 Å². The van der Waals surface area contributed by atoms with Crippen LogP contribution in [0.4, 0.5) is 0 Å². The molecule has 5 nitrogen and oxygen atoms in total. The van der Waals surface area contributed by atoms with Gasteiger partial charge in [-0.2, -0.15) is 5.10 Å². The van der Waals surface area contributed by atoms with Crippen molar-refractivity contribution in [3.63, 3.8) is 0 Å². The number of carbonyl (C=O) groups excluding carboxylic acids is 1. The van der Waals surface area contributed by atoms with Gasteiger partial charge in [-0.05, 0) is 20.3 Å². The predicted octanol–water partition coefficient (Wildman–Crippen LogP) is 1.66. The van der Waals surface area contributed by atoms with Crippen molar-refractivity contribution in [2.75, 3.05) is 13.7 Å². The van der Waals surface area contributed by atoms with Crippen LogP contribution < -0.4 is 5.73 Å². The van der Waals surface area contributed by atoms with Gasteiger partial charge in [-0.15, -0.1) is 0 Å². The summed E-state index contributed by atoms with van der Waals surface area (Å²) in [6, 6.07) is -0.544. The van der Waals surface area contributed by atoms with Crippen LogP contribution in [0.25, 0.3) is 0 Å². The van der Waals surface area contributed by atoms with Gasteiger partial charge in [-0.3, -0.25) is 9.48 Å². The summed E-state index contributed by atoms with van der Waals surface area (Å²) in [6.07, 6.45) is 1.94. The highest BCUT2D eigenvalue weighted by Crippen LogP contribution is 2.20. The lowest BCUT2D eigenvalue weighted by Gasteiger charge is -2.14. The van der Waals surface area contributed by atoms with Crippen LogP contribution in [0, 0.1) is 0 Å². The average molecular weight is 260 g/mol. The number of carbonyl (C=O) groups is 1. The SMILES string of the molecule is COCCC(N)C(=O)c1c(Cl)cnn1C(C)C. The molecule has 6 heteroatoms. The van der Waals surface area contributed by atoms with E-state index in [9.17, 15) is 4.79 Å². The summed E-state index contributed by atoms with van der Waals surface area (Å²) in [7, 11) is 1.57. The number of Topliss-reactive ketones (excluding diaryl/α,β-unsaturated/α-hetero) is 1. The fourth-order valence-electron chi connectivity index (χ4n) is 1.51. The molecule has 96 valence electrons. The Morgan fingerprint density at radius 3 is 2.82 bits per heavy atom. The van der Waals surface area contributed by atoms with Crippen molar-refractivity contribution in [2.45, 2.75) is 32.4 Å². The van der Waals surface area contributed by atoms with E-state index in [4.69, 9.17) is 22.1 Å². The van der Waals surface area contributed by atoms with Crippen LogP contribution in [0.3, 0.4) is 0 Å². The molecule has 1 heterocycles. The topological polar surface area (TPSA) is 70.1 Å². The average Bonchev–Trinajstić information content (AvgIpc) is 2.67. The Morgan fingerprint density at radius 1 is 1.65 bits per heavy atom. The zero-order valence-electron chi connectivity index (χ0n) is 10.3. The summed E-state index contributed by atoms with van der Waals surface area (Å²) >= 11 is 5.97. The van der Waals surface area contributed by atoms with Crippen LogP contribution in [0.5, 0.6) is 0 Å². The standard InChI is InChI=1S/C11H18ClN3O2/c1-7(2)15-10(8(12)6-14-15)11(16)9(13)4-5-17-3/h6-7,9H,4-5,13H2,1-3H3. The molecule has 0 saturated heterocycles. The maximum Gasteiger partial charge on any atom is 0.199 e. The molecule has 2 N–H and O–H groups in total. The molecule has 17 heavy (non-hydrogen) atoms. The second-order valence-corrected chi connectivity index (χ2v) is 4.54. The van der Waals surface area contributed by atoms with Gasteiger partial charge in [0.25, 0.3) is 0 Å². The summed E-state index contributed by atoms with van der Waals surface area (Å²) in [6.45, 7) is 4.31. The number of ketones is 1. The van der Waals surface area contributed by atoms with Crippen LogP contribution in [0.15, 0.2) is 6.20 Å². The smallest absolute Gasteiger partial charge is 0.199 e. The quantitative estimate of drug-likeness (QED) is 0.789. The highest BCUT2D eigenvalue weighted by molar-refractivity contribution is 6.33. The van der Waals surface area contributed by atoms with Crippen LogP contribution in [-0.4, -0.2) is 35.3 Å². The minimum Gasteiger partial charge on any atom is -0.385 e. The summed E-state index contributed by atoms with van der Waals surface area (Å²) in [5.74, 6) is -0.196. The molecular formula is C11H18ClN3O2. The zero-order chi connectivity index (χ0) is 13.0. The van der Waals surface area contributed by atoms with E-state index in [0.29, 0.717) is 23.7 Å². The lowest BCUT2D eigenvalue weighted by atomic mass is 10.1. The number of aromatic nitrogens is 2. The van der Waals surface area contributed by atoms with Crippen molar-refractivity contribution in [3.8, 4) is 0 Å². The minimum absolute atomic E-state index is 0.0658. The van der Waals surface area contributed by atoms with E-state index in [2.05, 4.69) is 5.10 Å². The van der Waals surface area contributed by atoms with Crippen molar-refractivity contribution in [1.29, 1.82) is 0 Å². The number of ether oxygens (including phenoxy) is 1. The monoisotopic (exact) mass is 259 g/mol. The second-order valence-electron chi connectivity index (χ2n) is 4.13. The number of hydrogen-bond acceptors (Lipinski definition) is 4. The highest BCUT2D eigenvalue weighted by atomic mass is 35.5. The number of rotatable bonds is 6. The van der Waals surface area contributed by atoms with E-state index in [-0.39, 0.29) is 11.8 Å². The van der Waals surface area contributed by atoms with E-state index < -0.39 is 6.04 Å². The third-order valence-corrected chi connectivity index (χ3v) is 2.72. The van der Waals surface area contributed by atoms with Gasteiger partial charge < -0.3 is 10.5 Å². The summed E-state index contributed by atoms with van der Waals surface area (Å²) < 4.78 is 6.49. The Kier molecular flexibility index (Phi) is 5.11. The van der Waals surface area contributed by atoms with E-state index in [1.165, 1.54) is 6.20 Å². The number of methoxy groups -OCH3 is 1. The molecule has 0 aliphatic carbocycles. The van der Waals surface area contributed by atoms with Gasteiger partial charge in [0.15, 0.2) is 5.78 Å². The molecule has 1 aromatic heterocycles. The molecule has 0 aliphatic rings. The van der Waals surface area contributed by atoms with Crippen molar-refractivity contribution < 1.29 is 9.53 Å². The first-order valence-electron chi connectivity index (χ1n) is 5.50.